The highest BCUT2D eigenvalue weighted by Crippen LogP contribution is 2.16. The first-order valence-corrected chi connectivity index (χ1v) is 5.73. The summed E-state index contributed by atoms with van der Waals surface area (Å²) < 4.78 is 10.3. The molecule has 0 bridgehead atoms. The third-order valence-corrected chi connectivity index (χ3v) is 2.12. The largest absolute Gasteiger partial charge is 0.481 e. The van der Waals surface area contributed by atoms with Crippen LogP contribution in [0.15, 0.2) is 0 Å². The molecule has 0 aliphatic carbocycles. The molecule has 5 heteroatoms. The highest BCUT2D eigenvalue weighted by atomic mass is 16.6. The molecule has 1 N–H and O–H groups in total. The summed E-state index contributed by atoms with van der Waals surface area (Å²) in [5.41, 5.74) is -0.602. The van der Waals surface area contributed by atoms with Crippen LogP contribution in [-0.2, 0) is 19.1 Å². The number of hydrogen-bond donors (Lipinski definition) is 1. The van der Waals surface area contributed by atoms with Crippen LogP contribution in [0.3, 0.4) is 0 Å². The number of esters is 1. The van der Waals surface area contributed by atoms with Crippen LogP contribution >= 0.6 is 0 Å². The molecule has 0 aromatic heterocycles. The molecule has 5 nitrogen and oxygen atoms in total. The number of carbonyl (C=O) groups is 2. The van der Waals surface area contributed by atoms with Gasteiger partial charge < -0.3 is 14.6 Å². The predicted octanol–water partition coefficient (Wildman–Crippen LogP) is 1.84. The lowest BCUT2D eigenvalue weighted by molar-refractivity contribution is -0.163. The number of ether oxygens (including phenoxy) is 2. The molecule has 0 aromatic rings. The number of aliphatic carboxylic acids is 1. The molecule has 0 fully saturated rings. The van der Waals surface area contributed by atoms with Crippen molar-refractivity contribution in [2.24, 2.45) is 5.92 Å². The van der Waals surface area contributed by atoms with E-state index < -0.39 is 29.6 Å². The monoisotopic (exact) mass is 246 g/mol. The molecule has 0 spiro atoms. The summed E-state index contributed by atoms with van der Waals surface area (Å²) in [4.78, 5) is 22.6. The second kappa shape index (κ2) is 6.59. The summed E-state index contributed by atoms with van der Waals surface area (Å²) in [6.45, 7) is 9.07. The van der Waals surface area contributed by atoms with Crippen molar-refractivity contribution in [3.8, 4) is 0 Å². The Balaban J connectivity index is 4.45. The molecular formula is C12H22O5. The molecular weight excluding hydrogens is 224 g/mol. The number of hydrogen-bond acceptors (Lipinski definition) is 4. The fraction of sp³-hybridized carbons (Fsp3) is 0.833. The zero-order chi connectivity index (χ0) is 13.6. The van der Waals surface area contributed by atoms with Gasteiger partial charge in [-0.05, 0) is 34.6 Å². The highest BCUT2D eigenvalue weighted by Gasteiger charge is 2.30. The lowest BCUT2D eigenvalue weighted by atomic mass is 10.00. The molecule has 0 aliphatic rings. The quantitative estimate of drug-likeness (QED) is 0.724. The van der Waals surface area contributed by atoms with Crippen molar-refractivity contribution < 1.29 is 24.2 Å². The van der Waals surface area contributed by atoms with Gasteiger partial charge in [0.05, 0.1) is 18.4 Å². The van der Waals surface area contributed by atoms with E-state index in [0.29, 0.717) is 6.61 Å². The Labute approximate surface area is 102 Å². The van der Waals surface area contributed by atoms with Gasteiger partial charge in [-0.1, -0.05) is 0 Å². The molecule has 2 atom stereocenters. The van der Waals surface area contributed by atoms with E-state index in [0.717, 1.165) is 0 Å². The molecule has 17 heavy (non-hydrogen) atoms. The van der Waals surface area contributed by atoms with Gasteiger partial charge in [-0.25, -0.2) is 0 Å². The summed E-state index contributed by atoms with van der Waals surface area (Å²) in [5.74, 6) is -2.43. The molecule has 0 aromatic carbocycles. The van der Waals surface area contributed by atoms with Gasteiger partial charge in [0.15, 0.2) is 0 Å². The molecule has 100 valence electrons. The van der Waals surface area contributed by atoms with Gasteiger partial charge in [0.1, 0.15) is 5.60 Å². The van der Waals surface area contributed by atoms with Crippen molar-refractivity contribution >= 4 is 11.9 Å². The number of rotatable bonds is 6. The molecule has 1 unspecified atom stereocenters. The second-order valence-corrected chi connectivity index (χ2v) is 4.90. The van der Waals surface area contributed by atoms with Crippen molar-refractivity contribution in [1.82, 2.24) is 0 Å². The minimum Gasteiger partial charge on any atom is -0.481 e. The van der Waals surface area contributed by atoms with E-state index in [4.69, 9.17) is 14.6 Å². The Morgan fingerprint density at radius 2 is 1.82 bits per heavy atom. The van der Waals surface area contributed by atoms with Crippen LogP contribution in [0.25, 0.3) is 0 Å². The van der Waals surface area contributed by atoms with E-state index in [1.807, 2.05) is 0 Å². The molecule has 0 amide bonds. The average molecular weight is 246 g/mol. The number of carboxylic acids is 1. The second-order valence-electron chi connectivity index (χ2n) is 4.90. The molecule has 0 radical (unpaired) electrons. The molecule has 0 rings (SSSR count). The Morgan fingerprint density at radius 1 is 1.29 bits per heavy atom. The van der Waals surface area contributed by atoms with Crippen LogP contribution < -0.4 is 0 Å². The van der Waals surface area contributed by atoms with Crippen molar-refractivity contribution in [2.75, 3.05) is 6.61 Å². The van der Waals surface area contributed by atoms with Gasteiger partial charge >= 0.3 is 11.9 Å². The fourth-order valence-corrected chi connectivity index (χ4v) is 1.40. The van der Waals surface area contributed by atoms with E-state index in [-0.39, 0.29) is 6.42 Å². The standard InChI is InChI=1S/C12H22O5/c1-6-16-8(2)9(11(14)15)7-10(13)17-12(3,4)5/h8-9H,6-7H2,1-5H3,(H,14,15)/t8-,9?/m0/s1. The van der Waals surface area contributed by atoms with Crippen LogP contribution in [0.1, 0.15) is 41.0 Å². The van der Waals surface area contributed by atoms with E-state index in [1.54, 1.807) is 34.6 Å². The normalized spacial score (nSPS) is 15.1. The summed E-state index contributed by atoms with van der Waals surface area (Å²) in [7, 11) is 0. The Bertz CT molecular complexity index is 267. The highest BCUT2D eigenvalue weighted by molar-refractivity contribution is 5.79. The van der Waals surface area contributed by atoms with Crippen molar-refractivity contribution in [2.45, 2.75) is 52.7 Å². The first kappa shape index (κ1) is 15.9. The summed E-state index contributed by atoms with van der Waals surface area (Å²) in [5, 5.41) is 9.03. The molecule has 0 heterocycles. The molecule has 0 aliphatic heterocycles. The molecule has 0 saturated heterocycles. The average Bonchev–Trinajstić information content (AvgIpc) is 2.11. The maximum atomic E-state index is 11.5. The summed E-state index contributed by atoms with van der Waals surface area (Å²) in [6.07, 6.45) is -0.682. The van der Waals surface area contributed by atoms with Crippen LogP contribution in [0.4, 0.5) is 0 Å². The van der Waals surface area contributed by atoms with Crippen LogP contribution in [0.2, 0.25) is 0 Å². The number of carboxylic acid groups (broad SMARTS) is 1. The van der Waals surface area contributed by atoms with E-state index in [2.05, 4.69) is 0 Å². The van der Waals surface area contributed by atoms with Crippen molar-refractivity contribution in [1.29, 1.82) is 0 Å². The van der Waals surface area contributed by atoms with E-state index in [1.165, 1.54) is 0 Å². The first-order chi connectivity index (χ1) is 7.67. The fourth-order valence-electron chi connectivity index (χ4n) is 1.40. The SMILES string of the molecule is CCO[C@@H](C)C(CC(=O)OC(C)(C)C)C(=O)O. The minimum absolute atomic E-state index is 0.173. The predicted molar refractivity (Wildman–Crippen MR) is 62.7 cm³/mol. The Hall–Kier alpha value is -1.10. The topological polar surface area (TPSA) is 72.8 Å². The van der Waals surface area contributed by atoms with E-state index >= 15 is 0 Å². The van der Waals surface area contributed by atoms with Gasteiger partial charge in [-0.15, -0.1) is 0 Å². The third kappa shape index (κ3) is 6.94. The minimum atomic E-state index is -1.04. The third-order valence-electron chi connectivity index (χ3n) is 2.12. The molecule has 0 saturated carbocycles. The summed E-state index contributed by atoms with van der Waals surface area (Å²) >= 11 is 0. The van der Waals surface area contributed by atoms with Crippen molar-refractivity contribution in [3.63, 3.8) is 0 Å². The number of carbonyl (C=O) groups excluding carboxylic acids is 1. The Morgan fingerprint density at radius 3 is 2.18 bits per heavy atom. The van der Waals surface area contributed by atoms with Crippen molar-refractivity contribution in [3.05, 3.63) is 0 Å². The van der Waals surface area contributed by atoms with Gasteiger partial charge in [0.25, 0.3) is 0 Å². The van der Waals surface area contributed by atoms with Crippen LogP contribution in [0, 0.1) is 5.92 Å². The Kier molecular flexibility index (Phi) is 6.16. The lowest BCUT2D eigenvalue weighted by Crippen LogP contribution is -2.33. The first-order valence-electron chi connectivity index (χ1n) is 5.73. The van der Waals surface area contributed by atoms with Crippen LogP contribution in [0.5, 0.6) is 0 Å². The van der Waals surface area contributed by atoms with Gasteiger partial charge in [-0.3, -0.25) is 9.59 Å². The van der Waals surface area contributed by atoms with Gasteiger partial charge in [0, 0.05) is 6.61 Å². The zero-order valence-electron chi connectivity index (χ0n) is 11.1. The summed E-state index contributed by atoms with van der Waals surface area (Å²) in [6, 6.07) is 0. The van der Waals surface area contributed by atoms with Gasteiger partial charge in [-0.2, -0.15) is 0 Å². The smallest absolute Gasteiger partial charge is 0.309 e. The maximum Gasteiger partial charge on any atom is 0.309 e. The van der Waals surface area contributed by atoms with Gasteiger partial charge in [0.2, 0.25) is 0 Å². The lowest BCUT2D eigenvalue weighted by Gasteiger charge is -2.23. The maximum absolute atomic E-state index is 11.5. The zero-order valence-corrected chi connectivity index (χ0v) is 11.1. The van der Waals surface area contributed by atoms with Crippen LogP contribution in [-0.4, -0.2) is 35.4 Å². The van der Waals surface area contributed by atoms with E-state index in [9.17, 15) is 9.59 Å².